The molecule has 0 radical (unpaired) electrons. The molecule has 0 aliphatic heterocycles. The van der Waals surface area contributed by atoms with Gasteiger partial charge in [0.05, 0.1) is 6.42 Å². The molecule has 4 nitrogen and oxygen atoms in total. The molecular formula is C21H40O4. The highest BCUT2D eigenvalue weighted by atomic mass is 16.5. The van der Waals surface area contributed by atoms with Crippen molar-refractivity contribution in [1.29, 1.82) is 0 Å². The first-order valence-corrected chi connectivity index (χ1v) is 10.5. The predicted octanol–water partition coefficient (Wildman–Crippen LogP) is 6.26. The molecule has 0 aromatic rings. The Balaban J connectivity index is 3.34. The molecule has 0 aromatic heterocycles. The van der Waals surface area contributed by atoms with Crippen molar-refractivity contribution >= 4 is 11.9 Å². The Morgan fingerprint density at radius 2 is 1.20 bits per heavy atom. The van der Waals surface area contributed by atoms with Crippen LogP contribution in [0.5, 0.6) is 0 Å². The van der Waals surface area contributed by atoms with Crippen LogP contribution in [0, 0.1) is 0 Å². The Morgan fingerprint density at radius 1 is 0.760 bits per heavy atom. The summed E-state index contributed by atoms with van der Waals surface area (Å²) in [7, 11) is 0. The lowest BCUT2D eigenvalue weighted by molar-refractivity contribution is -0.153. The third kappa shape index (κ3) is 17.6. The standard InChI is InChI=1S/C21H40O4/c1-3-5-6-7-8-9-10-11-12-13-14-15-16-17-21(24)25-19(4-2)18-20(22)23/h19H,3-18H2,1-2H3,(H,22,23). The summed E-state index contributed by atoms with van der Waals surface area (Å²) in [6.07, 6.45) is 17.0. The average molecular weight is 357 g/mol. The van der Waals surface area contributed by atoms with Gasteiger partial charge in [0, 0.05) is 6.42 Å². The summed E-state index contributed by atoms with van der Waals surface area (Å²) in [5.74, 6) is -1.17. The summed E-state index contributed by atoms with van der Waals surface area (Å²) in [6.45, 7) is 4.09. The van der Waals surface area contributed by atoms with Crippen molar-refractivity contribution < 1.29 is 19.4 Å². The smallest absolute Gasteiger partial charge is 0.307 e. The molecule has 1 N–H and O–H groups in total. The van der Waals surface area contributed by atoms with Crippen molar-refractivity contribution in [2.75, 3.05) is 0 Å². The molecule has 0 aliphatic carbocycles. The van der Waals surface area contributed by atoms with Gasteiger partial charge in [-0.3, -0.25) is 9.59 Å². The van der Waals surface area contributed by atoms with Crippen molar-refractivity contribution in [2.45, 2.75) is 123 Å². The van der Waals surface area contributed by atoms with Crippen molar-refractivity contribution in [1.82, 2.24) is 0 Å². The molecule has 0 bridgehead atoms. The Morgan fingerprint density at radius 3 is 1.60 bits per heavy atom. The van der Waals surface area contributed by atoms with Crippen molar-refractivity contribution in [3.8, 4) is 0 Å². The molecule has 1 atom stereocenters. The predicted molar refractivity (Wildman–Crippen MR) is 103 cm³/mol. The highest BCUT2D eigenvalue weighted by molar-refractivity contribution is 5.71. The second kappa shape index (κ2) is 17.8. The summed E-state index contributed by atoms with van der Waals surface area (Å²) in [4.78, 5) is 22.3. The Labute approximate surface area is 154 Å². The zero-order valence-corrected chi connectivity index (χ0v) is 16.6. The number of carbonyl (C=O) groups excluding carboxylic acids is 1. The van der Waals surface area contributed by atoms with Gasteiger partial charge in [-0.2, -0.15) is 0 Å². The molecular weight excluding hydrogens is 316 g/mol. The zero-order chi connectivity index (χ0) is 18.8. The summed E-state index contributed by atoms with van der Waals surface area (Å²) in [5.41, 5.74) is 0. The number of aliphatic carboxylic acids is 1. The quantitative estimate of drug-likeness (QED) is 0.232. The van der Waals surface area contributed by atoms with E-state index in [1.165, 1.54) is 70.6 Å². The Kier molecular flexibility index (Phi) is 17.0. The van der Waals surface area contributed by atoms with Gasteiger partial charge in [0.1, 0.15) is 6.10 Å². The van der Waals surface area contributed by atoms with Crippen molar-refractivity contribution in [3.05, 3.63) is 0 Å². The van der Waals surface area contributed by atoms with Crippen LogP contribution >= 0.6 is 0 Å². The molecule has 0 rings (SSSR count). The number of unbranched alkanes of at least 4 members (excludes halogenated alkanes) is 12. The van der Waals surface area contributed by atoms with E-state index in [4.69, 9.17) is 9.84 Å². The van der Waals surface area contributed by atoms with Crippen LogP contribution in [0.1, 0.15) is 117 Å². The largest absolute Gasteiger partial charge is 0.481 e. The third-order valence-electron chi connectivity index (χ3n) is 4.64. The highest BCUT2D eigenvalue weighted by Gasteiger charge is 2.15. The van der Waals surface area contributed by atoms with E-state index in [0.717, 1.165) is 12.8 Å². The molecule has 0 spiro atoms. The van der Waals surface area contributed by atoms with E-state index >= 15 is 0 Å². The van der Waals surface area contributed by atoms with Crippen LogP contribution < -0.4 is 0 Å². The first-order chi connectivity index (χ1) is 12.1. The molecule has 0 amide bonds. The molecule has 1 unspecified atom stereocenters. The van der Waals surface area contributed by atoms with E-state index in [-0.39, 0.29) is 12.4 Å². The fourth-order valence-corrected chi connectivity index (χ4v) is 3.00. The Bertz CT molecular complexity index is 328. The number of hydrogen-bond donors (Lipinski definition) is 1. The van der Waals surface area contributed by atoms with Gasteiger partial charge in [0.15, 0.2) is 0 Å². The number of carboxylic acids is 1. The lowest BCUT2D eigenvalue weighted by Gasteiger charge is -2.13. The lowest BCUT2D eigenvalue weighted by atomic mass is 10.0. The van der Waals surface area contributed by atoms with E-state index in [9.17, 15) is 9.59 Å². The molecule has 0 saturated carbocycles. The molecule has 0 saturated heterocycles. The van der Waals surface area contributed by atoms with Gasteiger partial charge in [-0.25, -0.2) is 0 Å². The van der Waals surface area contributed by atoms with Crippen LogP contribution in [0.4, 0.5) is 0 Å². The fourth-order valence-electron chi connectivity index (χ4n) is 3.00. The van der Waals surface area contributed by atoms with Gasteiger partial charge in [-0.15, -0.1) is 0 Å². The molecule has 0 aromatic carbocycles. The monoisotopic (exact) mass is 356 g/mol. The number of esters is 1. The summed E-state index contributed by atoms with van der Waals surface area (Å²) in [6, 6.07) is 0. The normalized spacial score (nSPS) is 12.1. The molecule has 4 heteroatoms. The van der Waals surface area contributed by atoms with E-state index < -0.39 is 12.1 Å². The van der Waals surface area contributed by atoms with Crippen LogP contribution in [-0.2, 0) is 14.3 Å². The lowest BCUT2D eigenvalue weighted by Crippen LogP contribution is -2.20. The first kappa shape index (κ1) is 23.9. The number of hydrogen-bond acceptors (Lipinski definition) is 3. The van der Waals surface area contributed by atoms with Gasteiger partial charge in [-0.05, 0) is 12.8 Å². The Hall–Kier alpha value is -1.06. The highest BCUT2D eigenvalue weighted by Crippen LogP contribution is 2.13. The van der Waals surface area contributed by atoms with Gasteiger partial charge < -0.3 is 9.84 Å². The fraction of sp³-hybridized carbons (Fsp3) is 0.905. The second-order valence-electron chi connectivity index (χ2n) is 7.11. The number of ether oxygens (including phenoxy) is 1. The van der Waals surface area contributed by atoms with E-state index in [2.05, 4.69) is 6.92 Å². The van der Waals surface area contributed by atoms with Crippen LogP contribution in [0.3, 0.4) is 0 Å². The molecule has 0 aliphatic rings. The molecule has 25 heavy (non-hydrogen) atoms. The average Bonchev–Trinajstić information content (AvgIpc) is 2.58. The summed E-state index contributed by atoms with van der Waals surface area (Å²) in [5, 5.41) is 8.74. The first-order valence-electron chi connectivity index (χ1n) is 10.5. The van der Waals surface area contributed by atoms with Crippen molar-refractivity contribution in [2.24, 2.45) is 0 Å². The van der Waals surface area contributed by atoms with E-state index in [0.29, 0.717) is 12.8 Å². The molecule has 148 valence electrons. The SMILES string of the molecule is CCCCCCCCCCCCCCCC(=O)OC(CC)CC(=O)O. The summed E-state index contributed by atoms with van der Waals surface area (Å²) < 4.78 is 5.20. The van der Waals surface area contributed by atoms with Crippen LogP contribution in [0.15, 0.2) is 0 Å². The van der Waals surface area contributed by atoms with Gasteiger partial charge in [-0.1, -0.05) is 90.9 Å². The second-order valence-corrected chi connectivity index (χ2v) is 7.11. The summed E-state index contributed by atoms with van der Waals surface area (Å²) >= 11 is 0. The van der Waals surface area contributed by atoms with Gasteiger partial charge in [0.25, 0.3) is 0 Å². The number of rotatable bonds is 18. The third-order valence-corrected chi connectivity index (χ3v) is 4.64. The topological polar surface area (TPSA) is 63.6 Å². The number of carbonyl (C=O) groups is 2. The number of carboxylic acid groups (broad SMARTS) is 1. The van der Waals surface area contributed by atoms with Crippen LogP contribution in [0.2, 0.25) is 0 Å². The molecule has 0 heterocycles. The zero-order valence-electron chi connectivity index (χ0n) is 16.6. The van der Waals surface area contributed by atoms with Crippen molar-refractivity contribution in [3.63, 3.8) is 0 Å². The minimum atomic E-state index is -0.916. The minimum Gasteiger partial charge on any atom is -0.481 e. The maximum Gasteiger partial charge on any atom is 0.307 e. The minimum absolute atomic E-state index is 0.0964. The van der Waals surface area contributed by atoms with E-state index in [1.807, 2.05) is 6.92 Å². The van der Waals surface area contributed by atoms with Gasteiger partial charge >= 0.3 is 11.9 Å². The van der Waals surface area contributed by atoms with Crippen LogP contribution in [-0.4, -0.2) is 23.1 Å². The van der Waals surface area contributed by atoms with Gasteiger partial charge in [0.2, 0.25) is 0 Å². The maximum absolute atomic E-state index is 11.7. The van der Waals surface area contributed by atoms with Crippen LogP contribution in [0.25, 0.3) is 0 Å². The molecule has 0 fully saturated rings. The van der Waals surface area contributed by atoms with E-state index in [1.54, 1.807) is 0 Å². The maximum atomic E-state index is 11.7.